The van der Waals surface area contributed by atoms with Crippen LogP contribution >= 0.6 is 0 Å². The van der Waals surface area contributed by atoms with Crippen molar-refractivity contribution in [3.63, 3.8) is 0 Å². The fraction of sp³-hybridized carbons (Fsp3) is 0.654. The minimum atomic E-state index is -0.0884. The Kier molecular flexibility index (Phi) is 14.3. The van der Waals surface area contributed by atoms with Crippen LogP contribution in [0.4, 0.5) is 0 Å². The summed E-state index contributed by atoms with van der Waals surface area (Å²) in [5, 5.41) is 0. The first kappa shape index (κ1) is 24.5. The number of allylic oxidation sites excluding steroid dienone is 2. The maximum atomic E-state index is 11.0. The third kappa shape index (κ3) is 13.6. The van der Waals surface area contributed by atoms with Crippen molar-refractivity contribution < 1.29 is 9.53 Å². The number of carbonyl (C=O) groups is 1. The van der Waals surface area contributed by atoms with E-state index in [4.69, 9.17) is 4.74 Å². The average molecular weight is 387 g/mol. The van der Waals surface area contributed by atoms with Crippen molar-refractivity contribution in [3.8, 4) is 0 Å². The third-order valence-electron chi connectivity index (χ3n) is 5.25. The van der Waals surface area contributed by atoms with E-state index in [0.29, 0.717) is 6.42 Å². The van der Waals surface area contributed by atoms with E-state index in [2.05, 4.69) is 36.4 Å². The number of hydrogen-bond acceptors (Lipinski definition) is 2. The molecule has 1 aromatic rings. The summed E-state index contributed by atoms with van der Waals surface area (Å²) in [5.41, 5.74) is 1.50. The van der Waals surface area contributed by atoms with E-state index < -0.39 is 0 Å². The fourth-order valence-electron chi connectivity index (χ4n) is 3.74. The standard InChI is InChI=1S/C16H24.C10H18O2/c1-3-9-15(10-4-1)11-5-2-6-12-16-13-7-8-14-16;1-4-5-6-7-8-10(11)12-9(2)3/h1,3-4,9-10,16H,2,5-8,11-14H2;4-5,9H,6-8H2,1-3H3/b;5-4-. The molecule has 1 aromatic carbocycles. The van der Waals surface area contributed by atoms with Gasteiger partial charge in [0.25, 0.3) is 0 Å². The lowest BCUT2D eigenvalue weighted by molar-refractivity contribution is -0.147. The van der Waals surface area contributed by atoms with E-state index in [9.17, 15) is 4.79 Å². The molecule has 28 heavy (non-hydrogen) atoms. The largest absolute Gasteiger partial charge is 0.463 e. The summed E-state index contributed by atoms with van der Waals surface area (Å²) in [6, 6.07) is 10.9. The van der Waals surface area contributed by atoms with Crippen molar-refractivity contribution in [2.45, 2.75) is 104 Å². The van der Waals surface area contributed by atoms with Gasteiger partial charge in [0.05, 0.1) is 6.10 Å². The second kappa shape index (κ2) is 16.4. The van der Waals surface area contributed by atoms with Gasteiger partial charge in [-0.15, -0.1) is 0 Å². The molecule has 0 aliphatic heterocycles. The molecule has 1 fully saturated rings. The van der Waals surface area contributed by atoms with Crippen molar-refractivity contribution in [2.75, 3.05) is 0 Å². The second-order valence-corrected chi connectivity index (χ2v) is 8.24. The molecule has 2 heteroatoms. The number of benzene rings is 1. The lowest BCUT2D eigenvalue weighted by Gasteiger charge is -2.07. The number of rotatable bonds is 11. The van der Waals surface area contributed by atoms with Gasteiger partial charge in [-0.25, -0.2) is 0 Å². The van der Waals surface area contributed by atoms with Crippen molar-refractivity contribution in [3.05, 3.63) is 48.0 Å². The summed E-state index contributed by atoms with van der Waals surface area (Å²) in [6.45, 7) is 5.71. The highest BCUT2D eigenvalue weighted by molar-refractivity contribution is 5.69. The lowest BCUT2D eigenvalue weighted by Crippen LogP contribution is -2.10. The van der Waals surface area contributed by atoms with Crippen molar-refractivity contribution in [1.29, 1.82) is 0 Å². The van der Waals surface area contributed by atoms with Gasteiger partial charge in [-0.05, 0) is 57.9 Å². The Morgan fingerprint density at radius 2 is 1.79 bits per heavy atom. The van der Waals surface area contributed by atoms with Crippen LogP contribution in [-0.4, -0.2) is 12.1 Å². The zero-order valence-corrected chi connectivity index (χ0v) is 18.5. The van der Waals surface area contributed by atoms with Crippen molar-refractivity contribution in [1.82, 2.24) is 0 Å². The smallest absolute Gasteiger partial charge is 0.306 e. The Labute approximate surface area is 173 Å². The van der Waals surface area contributed by atoms with Crippen LogP contribution in [0.25, 0.3) is 0 Å². The van der Waals surface area contributed by atoms with Crippen LogP contribution in [-0.2, 0) is 16.0 Å². The maximum Gasteiger partial charge on any atom is 0.306 e. The monoisotopic (exact) mass is 386 g/mol. The van der Waals surface area contributed by atoms with E-state index in [1.165, 1.54) is 63.4 Å². The summed E-state index contributed by atoms with van der Waals surface area (Å²) in [6.07, 6.45) is 19.5. The van der Waals surface area contributed by atoms with E-state index in [0.717, 1.165) is 18.8 Å². The molecule has 1 saturated carbocycles. The Morgan fingerprint density at radius 3 is 2.43 bits per heavy atom. The van der Waals surface area contributed by atoms with Gasteiger partial charge in [-0.1, -0.05) is 87.4 Å². The summed E-state index contributed by atoms with van der Waals surface area (Å²) in [4.78, 5) is 11.0. The van der Waals surface area contributed by atoms with E-state index in [1.54, 1.807) is 0 Å². The van der Waals surface area contributed by atoms with Gasteiger partial charge in [0, 0.05) is 6.42 Å². The van der Waals surface area contributed by atoms with E-state index >= 15 is 0 Å². The van der Waals surface area contributed by atoms with Gasteiger partial charge in [0.2, 0.25) is 0 Å². The Morgan fingerprint density at radius 1 is 1.07 bits per heavy atom. The fourth-order valence-corrected chi connectivity index (χ4v) is 3.74. The van der Waals surface area contributed by atoms with Crippen molar-refractivity contribution >= 4 is 5.97 Å². The summed E-state index contributed by atoms with van der Waals surface area (Å²) in [7, 11) is 0. The van der Waals surface area contributed by atoms with Crippen LogP contribution < -0.4 is 0 Å². The first-order valence-corrected chi connectivity index (χ1v) is 11.5. The zero-order valence-electron chi connectivity index (χ0n) is 18.5. The topological polar surface area (TPSA) is 26.3 Å². The van der Waals surface area contributed by atoms with Crippen LogP contribution in [0.5, 0.6) is 0 Å². The van der Waals surface area contributed by atoms with Crippen LogP contribution in [0.3, 0.4) is 0 Å². The molecule has 0 heterocycles. The Hall–Kier alpha value is -1.57. The molecule has 0 atom stereocenters. The molecule has 2 rings (SSSR count). The Bertz CT molecular complexity index is 512. The highest BCUT2D eigenvalue weighted by atomic mass is 16.5. The first-order valence-electron chi connectivity index (χ1n) is 11.5. The van der Waals surface area contributed by atoms with Gasteiger partial charge in [0.15, 0.2) is 0 Å². The normalized spacial score (nSPS) is 14.3. The van der Waals surface area contributed by atoms with Crippen LogP contribution in [0.2, 0.25) is 0 Å². The number of esters is 1. The van der Waals surface area contributed by atoms with Gasteiger partial charge in [-0.3, -0.25) is 4.79 Å². The highest BCUT2D eigenvalue weighted by Gasteiger charge is 2.13. The molecular weight excluding hydrogens is 344 g/mol. The van der Waals surface area contributed by atoms with E-state index in [1.807, 2.05) is 26.8 Å². The summed E-state index contributed by atoms with van der Waals surface area (Å²) in [5.74, 6) is 0.992. The molecule has 0 radical (unpaired) electrons. The molecule has 0 saturated heterocycles. The predicted molar refractivity (Wildman–Crippen MR) is 120 cm³/mol. The number of carbonyl (C=O) groups excluding carboxylic acids is 1. The Balaban J connectivity index is 0.000000295. The molecule has 1 aliphatic rings. The zero-order chi connectivity index (χ0) is 20.5. The molecular formula is C26H42O2. The van der Waals surface area contributed by atoms with Crippen molar-refractivity contribution in [2.24, 2.45) is 5.92 Å². The highest BCUT2D eigenvalue weighted by Crippen LogP contribution is 2.29. The van der Waals surface area contributed by atoms with Gasteiger partial charge in [0.1, 0.15) is 0 Å². The molecule has 0 aromatic heterocycles. The molecule has 158 valence electrons. The predicted octanol–water partition coefficient (Wildman–Crippen LogP) is 7.66. The quantitative estimate of drug-likeness (QED) is 0.222. The number of hydrogen-bond donors (Lipinski definition) is 0. The summed E-state index contributed by atoms with van der Waals surface area (Å²) < 4.78 is 4.97. The number of aryl methyl sites for hydroxylation is 1. The first-order chi connectivity index (χ1) is 13.6. The minimum Gasteiger partial charge on any atom is -0.463 e. The molecule has 0 bridgehead atoms. The third-order valence-corrected chi connectivity index (χ3v) is 5.25. The molecule has 0 amide bonds. The number of unbranched alkanes of at least 4 members (excludes halogenated alkanes) is 3. The molecule has 0 unspecified atom stereocenters. The molecule has 2 nitrogen and oxygen atoms in total. The van der Waals surface area contributed by atoms with Crippen LogP contribution in [0, 0.1) is 5.92 Å². The van der Waals surface area contributed by atoms with E-state index in [-0.39, 0.29) is 12.1 Å². The van der Waals surface area contributed by atoms with Gasteiger partial charge < -0.3 is 4.74 Å². The molecule has 0 spiro atoms. The SMILES string of the molecule is C/C=C\CCCC(=O)OC(C)C.c1ccc(CCCCCC2CCCC2)cc1. The molecule has 1 aliphatic carbocycles. The lowest BCUT2D eigenvalue weighted by atomic mass is 9.98. The van der Waals surface area contributed by atoms with Gasteiger partial charge >= 0.3 is 5.97 Å². The second-order valence-electron chi connectivity index (χ2n) is 8.24. The maximum absolute atomic E-state index is 11.0. The van der Waals surface area contributed by atoms with Gasteiger partial charge in [-0.2, -0.15) is 0 Å². The van der Waals surface area contributed by atoms with Crippen LogP contribution in [0.15, 0.2) is 42.5 Å². The average Bonchev–Trinajstić information content (AvgIpc) is 3.19. The number of ether oxygens (including phenoxy) is 1. The van der Waals surface area contributed by atoms with Crippen LogP contribution in [0.1, 0.15) is 97.0 Å². The summed E-state index contributed by atoms with van der Waals surface area (Å²) >= 11 is 0. The minimum absolute atomic E-state index is 0.0132. The molecule has 0 N–H and O–H groups in total.